The van der Waals surface area contributed by atoms with Crippen LogP contribution >= 0.6 is 0 Å². The third-order valence-electron chi connectivity index (χ3n) is 3.74. The molecule has 1 aliphatic rings. The molecule has 0 aromatic heterocycles. The zero-order chi connectivity index (χ0) is 12.2. The largest absolute Gasteiger partial charge is 0.359 e. The maximum absolute atomic E-state index is 11.3. The number of rotatable bonds is 4. The Labute approximate surface area is 99.4 Å². The Balaban J connectivity index is 2.37. The van der Waals surface area contributed by atoms with Crippen LogP contribution in [-0.4, -0.2) is 24.5 Å². The topological polar surface area (TPSA) is 41.1 Å². The molecule has 1 fully saturated rings. The van der Waals surface area contributed by atoms with Crippen molar-refractivity contribution in [1.29, 1.82) is 0 Å². The van der Waals surface area contributed by atoms with E-state index in [1.54, 1.807) is 7.05 Å². The second-order valence-corrected chi connectivity index (χ2v) is 5.67. The second kappa shape index (κ2) is 5.67. The van der Waals surface area contributed by atoms with Crippen LogP contribution in [0.5, 0.6) is 0 Å². The molecule has 1 unspecified atom stereocenters. The molecule has 1 saturated carbocycles. The molecular weight excluding hydrogens is 200 g/mol. The standard InChI is InChI=1S/C13H26N2O/c1-10-5-7-13(3,8-6-10)15-11(2)9-12(16)14-4/h10-11,15H,5-9H2,1-4H3,(H,14,16). The molecule has 0 radical (unpaired) electrons. The van der Waals surface area contributed by atoms with Gasteiger partial charge in [0.05, 0.1) is 0 Å². The fraction of sp³-hybridized carbons (Fsp3) is 0.923. The molecule has 1 atom stereocenters. The van der Waals surface area contributed by atoms with E-state index in [1.165, 1.54) is 25.7 Å². The predicted octanol–water partition coefficient (Wildman–Crippen LogP) is 2.07. The lowest BCUT2D eigenvalue weighted by Gasteiger charge is -2.39. The van der Waals surface area contributed by atoms with Gasteiger partial charge in [-0.25, -0.2) is 0 Å². The van der Waals surface area contributed by atoms with Crippen molar-refractivity contribution in [3.63, 3.8) is 0 Å². The molecule has 3 heteroatoms. The lowest BCUT2D eigenvalue weighted by molar-refractivity contribution is -0.121. The van der Waals surface area contributed by atoms with E-state index in [0.717, 1.165) is 5.92 Å². The molecule has 1 rings (SSSR count). The monoisotopic (exact) mass is 226 g/mol. The smallest absolute Gasteiger partial charge is 0.221 e. The van der Waals surface area contributed by atoms with Gasteiger partial charge in [0.25, 0.3) is 0 Å². The van der Waals surface area contributed by atoms with Gasteiger partial charge in [-0.1, -0.05) is 6.92 Å². The molecule has 0 heterocycles. The highest BCUT2D eigenvalue weighted by atomic mass is 16.1. The summed E-state index contributed by atoms with van der Waals surface area (Å²) in [5.74, 6) is 0.983. The fourth-order valence-corrected chi connectivity index (χ4v) is 2.57. The minimum absolute atomic E-state index is 0.118. The summed E-state index contributed by atoms with van der Waals surface area (Å²) >= 11 is 0. The van der Waals surface area contributed by atoms with E-state index < -0.39 is 0 Å². The van der Waals surface area contributed by atoms with E-state index in [-0.39, 0.29) is 17.5 Å². The van der Waals surface area contributed by atoms with E-state index in [2.05, 4.69) is 31.4 Å². The Hall–Kier alpha value is -0.570. The SMILES string of the molecule is CNC(=O)CC(C)NC1(C)CCC(C)CC1. The predicted molar refractivity (Wildman–Crippen MR) is 67.3 cm³/mol. The molecule has 0 aromatic rings. The Morgan fingerprint density at radius 3 is 2.50 bits per heavy atom. The molecule has 0 aromatic carbocycles. The van der Waals surface area contributed by atoms with Gasteiger partial charge in [-0.2, -0.15) is 0 Å². The van der Waals surface area contributed by atoms with Crippen LogP contribution in [0.4, 0.5) is 0 Å². The molecule has 0 spiro atoms. The van der Waals surface area contributed by atoms with E-state index in [9.17, 15) is 4.79 Å². The molecule has 16 heavy (non-hydrogen) atoms. The Bertz CT molecular complexity index is 232. The Morgan fingerprint density at radius 1 is 1.44 bits per heavy atom. The van der Waals surface area contributed by atoms with Gasteiger partial charge >= 0.3 is 0 Å². The normalized spacial score (nSPS) is 32.1. The first-order valence-corrected chi connectivity index (χ1v) is 6.43. The van der Waals surface area contributed by atoms with Gasteiger partial charge in [0.2, 0.25) is 5.91 Å². The van der Waals surface area contributed by atoms with Crippen molar-refractivity contribution in [2.45, 2.75) is 64.5 Å². The van der Waals surface area contributed by atoms with Gasteiger partial charge in [0.1, 0.15) is 0 Å². The van der Waals surface area contributed by atoms with Crippen LogP contribution in [0.3, 0.4) is 0 Å². The molecule has 2 N–H and O–H groups in total. The molecule has 3 nitrogen and oxygen atoms in total. The van der Waals surface area contributed by atoms with Gasteiger partial charge in [-0.05, 0) is 45.4 Å². The Kier molecular flexibility index (Phi) is 4.78. The molecule has 0 bridgehead atoms. The molecule has 1 amide bonds. The van der Waals surface area contributed by atoms with Gasteiger partial charge in [0.15, 0.2) is 0 Å². The van der Waals surface area contributed by atoms with E-state index >= 15 is 0 Å². The molecule has 0 saturated heterocycles. The number of hydrogen-bond acceptors (Lipinski definition) is 2. The molecule has 0 aliphatic heterocycles. The quantitative estimate of drug-likeness (QED) is 0.770. The van der Waals surface area contributed by atoms with Crippen LogP contribution in [0, 0.1) is 5.92 Å². The van der Waals surface area contributed by atoms with Gasteiger partial charge in [0, 0.05) is 25.0 Å². The van der Waals surface area contributed by atoms with Gasteiger partial charge in [-0.3, -0.25) is 4.79 Å². The highest BCUT2D eigenvalue weighted by molar-refractivity contribution is 5.76. The lowest BCUT2D eigenvalue weighted by Crippen LogP contribution is -2.50. The summed E-state index contributed by atoms with van der Waals surface area (Å²) in [4.78, 5) is 11.3. The molecule has 94 valence electrons. The first-order valence-electron chi connectivity index (χ1n) is 6.43. The summed E-state index contributed by atoms with van der Waals surface area (Å²) in [7, 11) is 1.69. The molecular formula is C13H26N2O. The first-order chi connectivity index (χ1) is 7.45. The minimum atomic E-state index is 0.118. The van der Waals surface area contributed by atoms with Crippen LogP contribution in [-0.2, 0) is 4.79 Å². The van der Waals surface area contributed by atoms with Crippen LogP contribution in [0.15, 0.2) is 0 Å². The van der Waals surface area contributed by atoms with Crippen molar-refractivity contribution in [2.75, 3.05) is 7.05 Å². The maximum Gasteiger partial charge on any atom is 0.221 e. The summed E-state index contributed by atoms with van der Waals surface area (Å²) in [6.07, 6.45) is 5.63. The molecule has 1 aliphatic carbocycles. The van der Waals surface area contributed by atoms with Gasteiger partial charge in [-0.15, -0.1) is 0 Å². The number of hydrogen-bond donors (Lipinski definition) is 2. The zero-order valence-electron chi connectivity index (χ0n) is 11.1. The number of carbonyl (C=O) groups excluding carboxylic acids is 1. The first kappa shape index (κ1) is 13.5. The number of amides is 1. The average molecular weight is 226 g/mol. The van der Waals surface area contributed by atoms with Crippen molar-refractivity contribution in [2.24, 2.45) is 5.92 Å². The summed E-state index contributed by atoms with van der Waals surface area (Å²) in [6.45, 7) is 6.71. The Morgan fingerprint density at radius 2 is 2.00 bits per heavy atom. The minimum Gasteiger partial charge on any atom is -0.359 e. The summed E-state index contributed by atoms with van der Waals surface area (Å²) in [5, 5.41) is 6.29. The highest BCUT2D eigenvalue weighted by Gasteiger charge is 2.30. The van der Waals surface area contributed by atoms with E-state index in [1.807, 2.05) is 0 Å². The number of carbonyl (C=O) groups is 1. The zero-order valence-corrected chi connectivity index (χ0v) is 11.1. The third kappa shape index (κ3) is 4.12. The fourth-order valence-electron chi connectivity index (χ4n) is 2.57. The third-order valence-corrected chi connectivity index (χ3v) is 3.74. The van der Waals surface area contributed by atoms with E-state index in [0.29, 0.717) is 6.42 Å². The van der Waals surface area contributed by atoms with Crippen molar-refractivity contribution in [3.05, 3.63) is 0 Å². The lowest BCUT2D eigenvalue weighted by atomic mass is 9.78. The highest BCUT2D eigenvalue weighted by Crippen LogP contribution is 2.31. The summed E-state index contributed by atoms with van der Waals surface area (Å²) in [6, 6.07) is 0.262. The average Bonchev–Trinajstić information content (AvgIpc) is 2.22. The van der Waals surface area contributed by atoms with Crippen molar-refractivity contribution >= 4 is 5.91 Å². The van der Waals surface area contributed by atoms with Gasteiger partial charge < -0.3 is 10.6 Å². The summed E-state index contributed by atoms with van der Waals surface area (Å²) in [5.41, 5.74) is 0.236. The maximum atomic E-state index is 11.3. The summed E-state index contributed by atoms with van der Waals surface area (Å²) < 4.78 is 0. The van der Waals surface area contributed by atoms with Crippen LogP contribution in [0.25, 0.3) is 0 Å². The number of nitrogens with one attached hydrogen (secondary N) is 2. The van der Waals surface area contributed by atoms with Crippen LogP contribution in [0.1, 0.15) is 52.9 Å². The van der Waals surface area contributed by atoms with Crippen molar-refractivity contribution in [1.82, 2.24) is 10.6 Å². The second-order valence-electron chi connectivity index (χ2n) is 5.67. The van der Waals surface area contributed by atoms with Crippen molar-refractivity contribution in [3.8, 4) is 0 Å². The van der Waals surface area contributed by atoms with Crippen molar-refractivity contribution < 1.29 is 4.79 Å². The van der Waals surface area contributed by atoms with Crippen LogP contribution in [0.2, 0.25) is 0 Å². The van der Waals surface area contributed by atoms with Crippen LogP contribution < -0.4 is 10.6 Å². The van der Waals surface area contributed by atoms with E-state index in [4.69, 9.17) is 0 Å².